The summed E-state index contributed by atoms with van der Waals surface area (Å²) in [6.45, 7) is 5.46. The molecule has 0 spiro atoms. The number of aliphatic hydroxyl groups is 1. The van der Waals surface area contributed by atoms with Gasteiger partial charge in [0.2, 0.25) is 0 Å². The maximum absolute atomic E-state index is 13.5. The second-order valence-corrected chi connectivity index (χ2v) is 4.50. The molecule has 5 heteroatoms. The number of benzene rings is 1. The van der Waals surface area contributed by atoms with Gasteiger partial charge < -0.3 is 15.2 Å². The highest BCUT2D eigenvalue weighted by molar-refractivity contribution is 5.46. The number of hydrogen-bond acceptors (Lipinski definition) is 3. The number of hydrogen-bond donors (Lipinski definition) is 2. The molecule has 0 fully saturated rings. The van der Waals surface area contributed by atoms with E-state index < -0.39 is 17.7 Å². The molecular formula is C13H19F2NO2. The van der Waals surface area contributed by atoms with Gasteiger partial charge in [-0.05, 0) is 32.4 Å². The molecule has 0 aliphatic heterocycles. The Balaban J connectivity index is 2.50. The Morgan fingerprint density at radius 1 is 1.28 bits per heavy atom. The van der Waals surface area contributed by atoms with Crippen LogP contribution in [-0.2, 0) is 4.74 Å². The van der Waals surface area contributed by atoms with Gasteiger partial charge in [-0.25, -0.2) is 8.78 Å². The summed E-state index contributed by atoms with van der Waals surface area (Å²) >= 11 is 0. The van der Waals surface area contributed by atoms with E-state index in [4.69, 9.17) is 4.74 Å². The van der Waals surface area contributed by atoms with E-state index in [2.05, 4.69) is 5.32 Å². The zero-order chi connectivity index (χ0) is 13.7. The van der Waals surface area contributed by atoms with Crippen molar-refractivity contribution >= 4 is 5.69 Å². The van der Waals surface area contributed by atoms with Crippen LogP contribution >= 0.6 is 0 Å². The van der Waals surface area contributed by atoms with Gasteiger partial charge in [0.25, 0.3) is 0 Å². The molecule has 18 heavy (non-hydrogen) atoms. The van der Waals surface area contributed by atoms with Crippen LogP contribution in [0.25, 0.3) is 0 Å². The van der Waals surface area contributed by atoms with Gasteiger partial charge in [-0.1, -0.05) is 0 Å². The maximum atomic E-state index is 13.5. The molecule has 0 saturated heterocycles. The molecule has 1 aromatic rings. The summed E-state index contributed by atoms with van der Waals surface area (Å²) < 4.78 is 31.9. The van der Waals surface area contributed by atoms with Crippen molar-refractivity contribution in [2.75, 3.05) is 18.5 Å². The summed E-state index contributed by atoms with van der Waals surface area (Å²) in [6.07, 6.45) is -0.746. The quantitative estimate of drug-likeness (QED) is 0.824. The van der Waals surface area contributed by atoms with Crippen molar-refractivity contribution in [2.45, 2.75) is 33.0 Å². The molecule has 0 heterocycles. The number of rotatable bonds is 6. The van der Waals surface area contributed by atoms with E-state index in [9.17, 15) is 13.9 Å². The van der Waals surface area contributed by atoms with Crippen LogP contribution in [0.1, 0.15) is 19.4 Å². The molecular weight excluding hydrogens is 240 g/mol. The Hall–Kier alpha value is -1.20. The highest BCUT2D eigenvalue weighted by Crippen LogP contribution is 2.18. The van der Waals surface area contributed by atoms with E-state index >= 15 is 0 Å². The predicted molar refractivity (Wildman–Crippen MR) is 66.7 cm³/mol. The van der Waals surface area contributed by atoms with Crippen LogP contribution in [0.4, 0.5) is 14.5 Å². The molecule has 0 bridgehead atoms. The molecule has 1 atom stereocenters. The van der Waals surface area contributed by atoms with E-state index in [-0.39, 0.29) is 30.5 Å². The van der Waals surface area contributed by atoms with Crippen LogP contribution in [-0.4, -0.2) is 30.5 Å². The Morgan fingerprint density at radius 2 is 1.94 bits per heavy atom. The summed E-state index contributed by atoms with van der Waals surface area (Å²) in [4.78, 5) is 0. The van der Waals surface area contributed by atoms with Crippen LogP contribution in [0.2, 0.25) is 0 Å². The van der Waals surface area contributed by atoms with Crippen molar-refractivity contribution in [1.29, 1.82) is 0 Å². The summed E-state index contributed by atoms with van der Waals surface area (Å²) in [6, 6.07) is 2.20. The third-order valence-corrected chi connectivity index (χ3v) is 2.40. The van der Waals surface area contributed by atoms with Gasteiger partial charge in [-0.15, -0.1) is 0 Å². The molecule has 3 nitrogen and oxygen atoms in total. The van der Waals surface area contributed by atoms with Gasteiger partial charge >= 0.3 is 0 Å². The summed E-state index contributed by atoms with van der Waals surface area (Å²) in [5.74, 6) is -1.02. The molecule has 0 radical (unpaired) electrons. The molecule has 1 rings (SSSR count). The van der Waals surface area contributed by atoms with Gasteiger partial charge in [0, 0.05) is 12.6 Å². The predicted octanol–water partition coefficient (Wildman–Crippen LogP) is 2.47. The molecule has 0 aromatic heterocycles. The highest BCUT2D eigenvalue weighted by atomic mass is 19.1. The van der Waals surface area contributed by atoms with E-state index in [0.717, 1.165) is 12.1 Å². The fourth-order valence-corrected chi connectivity index (χ4v) is 1.37. The standard InChI is InChI=1S/C13H19F2NO2/c1-8(2)18-7-10(17)6-16-13-5-11(14)9(3)4-12(13)15/h4-5,8,10,16-17H,6-7H2,1-3H3. The number of anilines is 1. The monoisotopic (exact) mass is 259 g/mol. The molecule has 0 amide bonds. The second kappa shape index (κ2) is 6.66. The molecule has 1 unspecified atom stereocenters. The van der Waals surface area contributed by atoms with E-state index in [1.807, 2.05) is 13.8 Å². The van der Waals surface area contributed by atoms with E-state index in [0.29, 0.717) is 0 Å². The Labute approximate surface area is 106 Å². The van der Waals surface area contributed by atoms with Crippen molar-refractivity contribution in [3.05, 3.63) is 29.3 Å². The summed E-state index contributed by atoms with van der Waals surface area (Å²) in [5, 5.41) is 12.2. The first kappa shape index (κ1) is 14.9. The third-order valence-electron chi connectivity index (χ3n) is 2.40. The van der Waals surface area contributed by atoms with Crippen LogP contribution in [0, 0.1) is 18.6 Å². The SMILES string of the molecule is Cc1cc(F)c(NCC(O)COC(C)C)cc1F. The summed E-state index contributed by atoms with van der Waals surface area (Å²) in [7, 11) is 0. The Kier molecular flexibility index (Phi) is 5.50. The molecule has 0 saturated carbocycles. The first-order valence-corrected chi connectivity index (χ1v) is 5.89. The van der Waals surface area contributed by atoms with Crippen molar-refractivity contribution in [3.8, 4) is 0 Å². The lowest BCUT2D eigenvalue weighted by atomic mass is 10.2. The third kappa shape index (κ3) is 4.58. The molecule has 0 aliphatic rings. The lowest BCUT2D eigenvalue weighted by Crippen LogP contribution is -2.26. The van der Waals surface area contributed by atoms with Gasteiger partial charge in [-0.2, -0.15) is 0 Å². The normalized spacial score (nSPS) is 12.8. The van der Waals surface area contributed by atoms with E-state index in [1.165, 1.54) is 6.92 Å². The average molecular weight is 259 g/mol. The lowest BCUT2D eigenvalue weighted by molar-refractivity contribution is 0.0112. The van der Waals surface area contributed by atoms with Gasteiger partial charge in [-0.3, -0.25) is 0 Å². The highest BCUT2D eigenvalue weighted by Gasteiger charge is 2.10. The molecule has 0 aliphatic carbocycles. The maximum Gasteiger partial charge on any atom is 0.146 e. The van der Waals surface area contributed by atoms with Crippen LogP contribution < -0.4 is 5.32 Å². The fraction of sp³-hybridized carbons (Fsp3) is 0.538. The Bertz CT molecular complexity index is 397. The minimum atomic E-state index is -0.767. The summed E-state index contributed by atoms with van der Waals surface area (Å²) in [5.41, 5.74) is 0.295. The Morgan fingerprint density at radius 3 is 2.56 bits per heavy atom. The molecule has 1 aromatic carbocycles. The van der Waals surface area contributed by atoms with Crippen molar-refractivity contribution in [2.24, 2.45) is 0 Å². The minimum Gasteiger partial charge on any atom is -0.389 e. The lowest BCUT2D eigenvalue weighted by Gasteiger charge is -2.15. The first-order valence-electron chi connectivity index (χ1n) is 5.89. The topological polar surface area (TPSA) is 41.5 Å². The van der Waals surface area contributed by atoms with Gasteiger partial charge in [0.1, 0.15) is 11.6 Å². The first-order chi connectivity index (χ1) is 8.40. The smallest absolute Gasteiger partial charge is 0.146 e. The van der Waals surface area contributed by atoms with Crippen LogP contribution in [0.15, 0.2) is 12.1 Å². The molecule has 2 N–H and O–H groups in total. The fourth-order valence-electron chi connectivity index (χ4n) is 1.37. The second-order valence-electron chi connectivity index (χ2n) is 4.50. The van der Waals surface area contributed by atoms with Crippen LogP contribution in [0.5, 0.6) is 0 Å². The zero-order valence-corrected chi connectivity index (χ0v) is 10.8. The van der Waals surface area contributed by atoms with Crippen molar-refractivity contribution < 1.29 is 18.6 Å². The largest absolute Gasteiger partial charge is 0.389 e. The van der Waals surface area contributed by atoms with Crippen molar-refractivity contribution in [1.82, 2.24) is 0 Å². The van der Waals surface area contributed by atoms with Gasteiger partial charge in [0.05, 0.1) is 24.5 Å². The zero-order valence-electron chi connectivity index (χ0n) is 10.8. The average Bonchev–Trinajstić information content (AvgIpc) is 2.29. The number of ether oxygens (including phenoxy) is 1. The van der Waals surface area contributed by atoms with Crippen molar-refractivity contribution in [3.63, 3.8) is 0 Å². The molecule has 102 valence electrons. The minimum absolute atomic E-state index is 0.0215. The van der Waals surface area contributed by atoms with E-state index in [1.54, 1.807) is 0 Å². The number of aryl methyl sites for hydroxylation is 1. The van der Waals surface area contributed by atoms with Crippen LogP contribution in [0.3, 0.4) is 0 Å². The van der Waals surface area contributed by atoms with Gasteiger partial charge in [0.15, 0.2) is 0 Å². The number of halogens is 2. The number of aliphatic hydroxyl groups excluding tert-OH is 1. The number of nitrogens with one attached hydrogen (secondary N) is 1.